The van der Waals surface area contributed by atoms with Gasteiger partial charge in [0.05, 0.1) is 6.04 Å². The number of alkyl halides is 2. The van der Waals surface area contributed by atoms with E-state index in [1.165, 1.54) is 6.07 Å². The molecule has 0 aliphatic carbocycles. The number of nitrogens with zero attached hydrogens (tertiary/aromatic N) is 1. The molecule has 2 aromatic rings. The van der Waals surface area contributed by atoms with Crippen LogP contribution in [0.5, 0.6) is 0 Å². The van der Waals surface area contributed by atoms with Crippen LogP contribution in [0.25, 0.3) is 0 Å². The Morgan fingerprint density at radius 2 is 1.95 bits per heavy atom. The first-order valence-corrected chi connectivity index (χ1v) is 7.45. The summed E-state index contributed by atoms with van der Waals surface area (Å²) in [5.41, 5.74) is 1.39. The molecule has 1 aromatic carbocycles. The highest BCUT2D eigenvalue weighted by molar-refractivity contribution is 7.99. The zero-order chi connectivity index (χ0) is 15.9. The van der Waals surface area contributed by atoms with Crippen molar-refractivity contribution in [2.45, 2.75) is 23.6 Å². The minimum absolute atomic E-state index is 0.193. The molecule has 2 N–H and O–H groups in total. The molecule has 22 heavy (non-hydrogen) atoms. The molecule has 0 saturated heterocycles. The number of nitrogens with one attached hydrogen (secondary N) is 2. The van der Waals surface area contributed by atoms with Gasteiger partial charge < -0.3 is 10.6 Å². The number of rotatable bonds is 5. The van der Waals surface area contributed by atoms with Gasteiger partial charge in [-0.25, -0.2) is 4.79 Å². The highest BCUT2D eigenvalue weighted by Crippen LogP contribution is 2.27. The van der Waals surface area contributed by atoms with Crippen LogP contribution in [0.4, 0.5) is 19.3 Å². The van der Waals surface area contributed by atoms with Crippen LogP contribution in [0.2, 0.25) is 0 Å². The first kappa shape index (κ1) is 16.2. The molecule has 7 heteroatoms. The van der Waals surface area contributed by atoms with Crippen LogP contribution >= 0.6 is 11.8 Å². The second-order valence-corrected chi connectivity index (χ2v) is 5.57. The van der Waals surface area contributed by atoms with E-state index in [4.69, 9.17) is 0 Å². The minimum atomic E-state index is -2.49. The predicted molar refractivity (Wildman–Crippen MR) is 83.1 cm³/mol. The first-order valence-electron chi connectivity index (χ1n) is 6.57. The van der Waals surface area contributed by atoms with Gasteiger partial charge in [0.15, 0.2) is 0 Å². The molecular formula is C15H15F2N3OS. The number of pyridine rings is 1. The number of halogens is 2. The van der Waals surface area contributed by atoms with E-state index in [2.05, 4.69) is 15.6 Å². The van der Waals surface area contributed by atoms with Gasteiger partial charge in [-0.15, -0.1) is 0 Å². The number of aromatic nitrogens is 1. The summed E-state index contributed by atoms with van der Waals surface area (Å²) < 4.78 is 24.7. The average molecular weight is 323 g/mol. The summed E-state index contributed by atoms with van der Waals surface area (Å²) in [4.78, 5) is 16.3. The van der Waals surface area contributed by atoms with Crippen LogP contribution in [0.3, 0.4) is 0 Å². The van der Waals surface area contributed by atoms with E-state index in [0.717, 1.165) is 5.56 Å². The largest absolute Gasteiger partial charge is 0.331 e. The van der Waals surface area contributed by atoms with Crippen molar-refractivity contribution in [1.29, 1.82) is 0 Å². The standard InChI is InChI=1S/C15H15F2N3OS/c1-10(11-5-7-18-8-6-11)19-15(21)20-12-3-2-4-13(9-12)22-14(16)17/h2-10,14H,1H3,(H2,19,20,21). The van der Waals surface area contributed by atoms with Crippen LogP contribution in [0.1, 0.15) is 18.5 Å². The second-order valence-electron chi connectivity index (χ2n) is 4.51. The third kappa shape index (κ3) is 5.00. The van der Waals surface area contributed by atoms with E-state index < -0.39 is 11.8 Å². The van der Waals surface area contributed by atoms with Crippen molar-refractivity contribution in [2.75, 3.05) is 5.32 Å². The fourth-order valence-corrected chi connectivity index (χ4v) is 2.41. The number of carbonyl (C=O) groups is 1. The quantitative estimate of drug-likeness (QED) is 0.808. The topological polar surface area (TPSA) is 54.0 Å². The molecule has 0 aliphatic heterocycles. The van der Waals surface area contributed by atoms with Gasteiger partial charge in [-0.2, -0.15) is 8.78 Å². The normalized spacial score (nSPS) is 12.0. The van der Waals surface area contributed by atoms with Crippen molar-refractivity contribution in [3.63, 3.8) is 0 Å². The number of anilines is 1. The molecule has 116 valence electrons. The third-order valence-electron chi connectivity index (χ3n) is 2.87. The van der Waals surface area contributed by atoms with Gasteiger partial charge in [0.2, 0.25) is 0 Å². The van der Waals surface area contributed by atoms with Crippen LogP contribution < -0.4 is 10.6 Å². The monoisotopic (exact) mass is 323 g/mol. The van der Waals surface area contributed by atoms with Gasteiger partial charge in [-0.3, -0.25) is 4.98 Å². The van der Waals surface area contributed by atoms with Crippen LogP contribution in [0.15, 0.2) is 53.7 Å². The Morgan fingerprint density at radius 3 is 2.64 bits per heavy atom. The molecule has 4 nitrogen and oxygen atoms in total. The lowest BCUT2D eigenvalue weighted by Crippen LogP contribution is -2.31. The second kappa shape index (κ2) is 7.74. The van der Waals surface area contributed by atoms with Crippen LogP contribution in [0, 0.1) is 0 Å². The molecule has 0 saturated carbocycles. The summed E-state index contributed by atoms with van der Waals surface area (Å²) in [5.74, 6) is -2.49. The van der Waals surface area contributed by atoms with Crippen LogP contribution in [-0.4, -0.2) is 16.8 Å². The summed E-state index contributed by atoms with van der Waals surface area (Å²) in [5, 5.41) is 5.40. The van der Waals surface area contributed by atoms with Crippen molar-refractivity contribution in [2.24, 2.45) is 0 Å². The van der Waals surface area contributed by atoms with Gasteiger partial charge in [0.1, 0.15) is 0 Å². The van der Waals surface area contributed by atoms with Crippen molar-refractivity contribution < 1.29 is 13.6 Å². The molecule has 2 rings (SSSR count). The van der Waals surface area contributed by atoms with E-state index in [9.17, 15) is 13.6 Å². The lowest BCUT2D eigenvalue weighted by Gasteiger charge is -2.15. The molecule has 0 spiro atoms. The Hall–Kier alpha value is -2.15. The maximum absolute atomic E-state index is 12.3. The maximum atomic E-state index is 12.3. The Bertz CT molecular complexity index is 625. The zero-order valence-electron chi connectivity index (χ0n) is 11.8. The molecule has 1 unspecified atom stereocenters. The van der Waals surface area contributed by atoms with Crippen molar-refractivity contribution in [3.05, 3.63) is 54.4 Å². The van der Waals surface area contributed by atoms with Gasteiger partial charge in [-0.05, 0) is 42.8 Å². The number of urea groups is 1. The molecule has 0 aliphatic rings. The lowest BCUT2D eigenvalue weighted by atomic mass is 10.1. The van der Waals surface area contributed by atoms with E-state index in [0.29, 0.717) is 22.3 Å². The lowest BCUT2D eigenvalue weighted by molar-refractivity contribution is 0.249. The number of amides is 2. The fourth-order valence-electron chi connectivity index (χ4n) is 1.85. The van der Waals surface area contributed by atoms with Crippen molar-refractivity contribution >= 4 is 23.5 Å². The van der Waals surface area contributed by atoms with Crippen molar-refractivity contribution in [1.82, 2.24) is 10.3 Å². The molecule has 0 radical (unpaired) electrons. The number of carbonyl (C=O) groups excluding carboxylic acids is 1. The van der Waals surface area contributed by atoms with Crippen LogP contribution in [-0.2, 0) is 0 Å². The average Bonchev–Trinajstić information content (AvgIpc) is 2.47. The van der Waals surface area contributed by atoms with Gasteiger partial charge in [0.25, 0.3) is 5.76 Å². The molecule has 1 heterocycles. The highest BCUT2D eigenvalue weighted by Gasteiger charge is 2.10. The molecule has 2 amide bonds. The molecule has 1 aromatic heterocycles. The molecule has 0 bridgehead atoms. The fraction of sp³-hybridized carbons (Fsp3) is 0.200. The van der Waals surface area contributed by atoms with E-state index in [-0.39, 0.29) is 6.04 Å². The maximum Gasteiger partial charge on any atom is 0.319 e. The van der Waals surface area contributed by atoms with Gasteiger partial charge >= 0.3 is 6.03 Å². The molecular weight excluding hydrogens is 308 g/mol. The van der Waals surface area contributed by atoms with Gasteiger partial charge in [0, 0.05) is 23.0 Å². The summed E-state index contributed by atoms with van der Waals surface area (Å²) in [6, 6.07) is 9.37. The first-order chi connectivity index (χ1) is 10.5. The molecule has 1 atom stereocenters. The van der Waals surface area contributed by atoms with Gasteiger partial charge in [-0.1, -0.05) is 17.8 Å². The Balaban J connectivity index is 1.94. The SMILES string of the molecule is CC(NC(=O)Nc1cccc(SC(F)F)c1)c1ccncc1. The minimum Gasteiger partial charge on any atom is -0.331 e. The summed E-state index contributed by atoms with van der Waals surface area (Å²) in [6.45, 7) is 1.85. The van der Waals surface area contributed by atoms with E-state index in [1.807, 2.05) is 19.1 Å². The third-order valence-corrected chi connectivity index (χ3v) is 3.58. The Morgan fingerprint density at radius 1 is 1.23 bits per heavy atom. The zero-order valence-corrected chi connectivity index (χ0v) is 12.6. The summed E-state index contributed by atoms with van der Waals surface area (Å²) >= 11 is 0.438. The smallest absolute Gasteiger partial charge is 0.319 e. The number of hydrogen-bond acceptors (Lipinski definition) is 3. The van der Waals surface area contributed by atoms with E-state index in [1.54, 1.807) is 30.6 Å². The van der Waals surface area contributed by atoms with Crippen molar-refractivity contribution in [3.8, 4) is 0 Å². The predicted octanol–water partition coefficient (Wildman–Crippen LogP) is 4.28. The highest BCUT2D eigenvalue weighted by atomic mass is 32.2. The summed E-state index contributed by atoms with van der Waals surface area (Å²) in [7, 11) is 0. The number of benzene rings is 1. The van der Waals surface area contributed by atoms with E-state index >= 15 is 0 Å². The molecule has 0 fully saturated rings. The summed E-state index contributed by atoms with van der Waals surface area (Å²) in [6.07, 6.45) is 3.30. The number of hydrogen-bond donors (Lipinski definition) is 2. The Labute approximate surface area is 131 Å². The number of thioether (sulfide) groups is 1. The Kier molecular flexibility index (Phi) is 5.71.